The van der Waals surface area contributed by atoms with E-state index >= 15 is 0 Å². The van der Waals surface area contributed by atoms with Gasteiger partial charge >= 0.3 is 0 Å². The standard InChI is InChI=1S/C17H25N5OS.HI/c1-3-18-17(20-13-16-9-10-21-22(16)2)19-11-12-24(23)14-15-7-5-4-6-8-15;/h4-10H,3,11-14H2,1-2H3,(H2,18,19,20);1H. The molecule has 0 amide bonds. The fraction of sp³-hybridized carbons (Fsp3) is 0.412. The first-order valence-corrected chi connectivity index (χ1v) is 9.55. The summed E-state index contributed by atoms with van der Waals surface area (Å²) >= 11 is 0. The van der Waals surface area contributed by atoms with Crippen molar-refractivity contribution in [1.82, 2.24) is 20.4 Å². The molecule has 25 heavy (non-hydrogen) atoms. The summed E-state index contributed by atoms with van der Waals surface area (Å²) in [4.78, 5) is 4.53. The van der Waals surface area contributed by atoms with E-state index in [-0.39, 0.29) is 24.0 Å². The Bertz CT molecular complexity index is 675. The van der Waals surface area contributed by atoms with Gasteiger partial charge in [0.25, 0.3) is 0 Å². The Hall–Kier alpha value is -1.42. The Labute approximate surface area is 169 Å². The number of nitrogens with zero attached hydrogens (tertiary/aromatic N) is 3. The van der Waals surface area contributed by atoms with E-state index in [0.717, 1.165) is 23.8 Å². The second-order valence-electron chi connectivity index (χ2n) is 5.34. The molecule has 138 valence electrons. The molecule has 0 fully saturated rings. The molecule has 1 heterocycles. The van der Waals surface area contributed by atoms with Crippen LogP contribution in [0.1, 0.15) is 18.2 Å². The minimum atomic E-state index is -0.888. The Kier molecular flexibility index (Phi) is 10.4. The van der Waals surface area contributed by atoms with Crippen LogP contribution in [0.15, 0.2) is 47.6 Å². The molecule has 0 aliphatic rings. The summed E-state index contributed by atoms with van der Waals surface area (Å²) in [6, 6.07) is 11.9. The summed E-state index contributed by atoms with van der Waals surface area (Å²) in [5.74, 6) is 1.91. The molecule has 0 aliphatic carbocycles. The molecule has 6 nitrogen and oxygen atoms in total. The SMILES string of the molecule is CCNC(=NCc1ccnn1C)NCCS(=O)Cc1ccccc1.I. The van der Waals surface area contributed by atoms with E-state index in [0.29, 0.717) is 24.6 Å². The number of benzene rings is 1. The van der Waals surface area contributed by atoms with E-state index in [1.165, 1.54) is 0 Å². The van der Waals surface area contributed by atoms with E-state index in [1.807, 2.05) is 55.1 Å². The maximum Gasteiger partial charge on any atom is 0.191 e. The van der Waals surface area contributed by atoms with E-state index in [1.54, 1.807) is 6.20 Å². The molecule has 0 spiro atoms. The Morgan fingerprint density at radius 2 is 2.00 bits per heavy atom. The largest absolute Gasteiger partial charge is 0.357 e. The first-order chi connectivity index (χ1) is 11.7. The highest BCUT2D eigenvalue weighted by molar-refractivity contribution is 14.0. The minimum Gasteiger partial charge on any atom is -0.357 e. The minimum absolute atomic E-state index is 0. The number of aliphatic imine (C=N–C) groups is 1. The molecule has 1 unspecified atom stereocenters. The van der Waals surface area contributed by atoms with Gasteiger partial charge in [-0.1, -0.05) is 30.3 Å². The highest BCUT2D eigenvalue weighted by Crippen LogP contribution is 2.02. The zero-order valence-corrected chi connectivity index (χ0v) is 17.8. The predicted octanol–water partition coefficient (Wildman–Crippen LogP) is 2.04. The third-order valence-corrected chi connectivity index (χ3v) is 4.77. The van der Waals surface area contributed by atoms with E-state index < -0.39 is 10.8 Å². The number of rotatable bonds is 8. The zero-order chi connectivity index (χ0) is 17.2. The summed E-state index contributed by atoms with van der Waals surface area (Å²) in [5, 5.41) is 10.6. The van der Waals surface area contributed by atoms with Crippen LogP contribution in [0.25, 0.3) is 0 Å². The van der Waals surface area contributed by atoms with Crippen molar-refractivity contribution in [2.24, 2.45) is 12.0 Å². The normalized spacial score (nSPS) is 12.3. The molecular formula is C17H26IN5OS. The maximum absolute atomic E-state index is 12.1. The summed E-state index contributed by atoms with van der Waals surface area (Å²) < 4.78 is 13.9. The number of guanidine groups is 1. The van der Waals surface area contributed by atoms with Gasteiger partial charge in [0.05, 0.1) is 12.2 Å². The molecule has 0 bridgehead atoms. The van der Waals surface area contributed by atoms with Crippen LogP contribution in [-0.2, 0) is 30.1 Å². The Balaban J connectivity index is 0.00000312. The molecule has 1 aromatic heterocycles. The molecule has 2 rings (SSSR count). The first kappa shape index (κ1) is 21.6. The quantitative estimate of drug-likeness (QED) is 0.348. The second-order valence-corrected chi connectivity index (χ2v) is 6.92. The maximum atomic E-state index is 12.1. The molecule has 2 N–H and O–H groups in total. The fourth-order valence-corrected chi connectivity index (χ4v) is 3.21. The average molecular weight is 475 g/mol. The molecular weight excluding hydrogens is 449 g/mol. The van der Waals surface area contributed by atoms with Gasteiger partial charge in [0.1, 0.15) is 0 Å². The molecule has 8 heteroatoms. The van der Waals surface area contributed by atoms with Crippen molar-refractivity contribution in [3.05, 3.63) is 53.9 Å². The van der Waals surface area contributed by atoms with Crippen LogP contribution in [0.2, 0.25) is 0 Å². The Morgan fingerprint density at radius 3 is 2.64 bits per heavy atom. The van der Waals surface area contributed by atoms with Gasteiger partial charge in [-0.05, 0) is 18.6 Å². The zero-order valence-electron chi connectivity index (χ0n) is 14.6. The van der Waals surface area contributed by atoms with Crippen molar-refractivity contribution in [3.8, 4) is 0 Å². The second kappa shape index (κ2) is 12.0. The van der Waals surface area contributed by atoms with E-state index in [4.69, 9.17) is 0 Å². The average Bonchev–Trinajstić information content (AvgIpc) is 2.98. The molecule has 2 aromatic rings. The first-order valence-electron chi connectivity index (χ1n) is 8.07. The summed E-state index contributed by atoms with van der Waals surface area (Å²) in [6.45, 7) is 3.98. The fourth-order valence-electron chi connectivity index (χ4n) is 2.17. The number of nitrogens with one attached hydrogen (secondary N) is 2. The molecule has 0 aliphatic heterocycles. The number of halogens is 1. The van der Waals surface area contributed by atoms with Crippen molar-refractivity contribution in [3.63, 3.8) is 0 Å². The highest BCUT2D eigenvalue weighted by Gasteiger charge is 2.04. The lowest BCUT2D eigenvalue weighted by Crippen LogP contribution is -2.39. The monoisotopic (exact) mass is 475 g/mol. The van der Waals surface area contributed by atoms with Crippen LogP contribution in [0.5, 0.6) is 0 Å². The highest BCUT2D eigenvalue weighted by atomic mass is 127. The van der Waals surface area contributed by atoms with Crippen LogP contribution in [0, 0.1) is 0 Å². The number of hydrogen-bond acceptors (Lipinski definition) is 3. The topological polar surface area (TPSA) is 71.3 Å². The smallest absolute Gasteiger partial charge is 0.191 e. The molecule has 0 saturated carbocycles. The van der Waals surface area contributed by atoms with Crippen molar-refractivity contribution in [1.29, 1.82) is 0 Å². The van der Waals surface area contributed by atoms with Gasteiger partial charge in [-0.25, -0.2) is 4.99 Å². The number of hydrogen-bond donors (Lipinski definition) is 2. The van der Waals surface area contributed by atoms with Crippen LogP contribution in [-0.4, -0.2) is 38.8 Å². The third kappa shape index (κ3) is 8.00. The Morgan fingerprint density at radius 1 is 1.24 bits per heavy atom. The van der Waals surface area contributed by atoms with Crippen molar-refractivity contribution >= 4 is 40.7 Å². The van der Waals surface area contributed by atoms with Crippen LogP contribution >= 0.6 is 24.0 Å². The predicted molar refractivity (Wildman–Crippen MR) is 115 cm³/mol. The van der Waals surface area contributed by atoms with Crippen LogP contribution in [0.4, 0.5) is 0 Å². The number of aromatic nitrogens is 2. The molecule has 1 aromatic carbocycles. The van der Waals surface area contributed by atoms with Gasteiger partial charge in [-0.15, -0.1) is 24.0 Å². The van der Waals surface area contributed by atoms with Gasteiger partial charge in [0.15, 0.2) is 5.96 Å². The van der Waals surface area contributed by atoms with E-state index in [9.17, 15) is 4.21 Å². The summed E-state index contributed by atoms with van der Waals surface area (Å²) in [6.07, 6.45) is 1.76. The van der Waals surface area contributed by atoms with Crippen molar-refractivity contribution < 1.29 is 4.21 Å². The van der Waals surface area contributed by atoms with Crippen molar-refractivity contribution in [2.45, 2.75) is 19.2 Å². The lowest BCUT2D eigenvalue weighted by molar-refractivity contribution is 0.680. The van der Waals surface area contributed by atoms with Gasteiger partial charge < -0.3 is 10.6 Å². The van der Waals surface area contributed by atoms with Crippen LogP contribution in [0.3, 0.4) is 0 Å². The van der Waals surface area contributed by atoms with Gasteiger partial charge in [0, 0.05) is 48.6 Å². The van der Waals surface area contributed by atoms with Gasteiger partial charge in [-0.3, -0.25) is 8.89 Å². The summed E-state index contributed by atoms with van der Waals surface area (Å²) in [7, 11) is 1.01. The number of aryl methyl sites for hydroxylation is 1. The van der Waals surface area contributed by atoms with Crippen LogP contribution < -0.4 is 10.6 Å². The van der Waals surface area contributed by atoms with Gasteiger partial charge in [-0.2, -0.15) is 5.10 Å². The lowest BCUT2D eigenvalue weighted by Gasteiger charge is -2.11. The van der Waals surface area contributed by atoms with Crippen molar-refractivity contribution in [2.75, 3.05) is 18.8 Å². The lowest BCUT2D eigenvalue weighted by atomic mass is 10.2. The molecule has 0 radical (unpaired) electrons. The summed E-state index contributed by atoms with van der Waals surface area (Å²) in [5.41, 5.74) is 2.15. The van der Waals surface area contributed by atoms with E-state index in [2.05, 4.69) is 20.7 Å². The molecule has 1 atom stereocenters. The molecule has 0 saturated heterocycles. The van der Waals surface area contributed by atoms with Gasteiger partial charge in [0.2, 0.25) is 0 Å². The third-order valence-electron chi connectivity index (χ3n) is 3.46.